The summed E-state index contributed by atoms with van der Waals surface area (Å²) in [5.74, 6) is -0.188. The number of halogens is 1. The normalized spacial score (nSPS) is 10.9. The highest BCUT2D eigenvalue weighted by Crippen LogP contribution is 2.23. The molecule has 0 aliphatic heterocycles. The van der Waals surface area contributed by atoms with Gasteiger partial charge in [0.05, 0.1) is 12.4 Å². The monoisotopic (exact) mass is 585 g/mol. The molecule has 0 atom stereocenters. The predicted molar refractivity (Wildman–Crippen MR) is 165 cm³/mol. The Hall–Kier alpha value is -4.53. The van der Waals surface area contributed by atoms with Crippen LogP contribution >= 0.6 is 23.4 Å². The molecule has 4 rings (SSSR count). The van der Waals surface area contributed by atoms with E-state index in [1.807, 2.05) is 19.1 Å². The fraction of sp³-hybridized carbons (Fsp3) is 0.0938. The number of ether oxygens (including phenoxy) is 1. The van der Waals surface area contributed by atoms with E-state index in [0.29, 0.717) is 39.9 Å². The second kappa shape index (κ2) is 14.7. The molecule has 0 aromatic heterocycles. The van der Waals surface area contributed by atoms with E-state index in [-0.39, 0.29) is 17.4 Å². The Bertz CT molecular complexity index is 1530. The van der Waals surface area contributed by atoms with Crippen LogP contribution in [0.4, 0.5) is 11.4 Å². The van der Waals surface area contributed by atoms with Crippen molar-refractivity contribution in [1.82, 2.24) is 5.32 Å². The minimum Gasteiger partial charge on any atom is -0.494 e. The highest BCUT2D eigenvalue weighted by molar-refractivity contribution is 8.00. The summed E-state index contributed by atoms with van der Waals surface area (Å²) in [6.07, 6.45) is 1.60. The van der Waals surface area contributed by atoms with Crippen molar-refractivity contribution in [1.29, 1.82) is 0 Å². The zero-order chi connectivity index (χ0) is 29.0. The summed E-state index contributed by atoms with van der Waals surface area (Å²) in [6.45, 7) is 2.44. The molecule has 0 unspecified atom stereocenters. The van der Waals surface area contributed by atoms with E-state index in [4.69, 9.17) is 16.3 Å². The van der Waals surface area contributed by atoms with Crippen LogP contribution in [0.15, 0.2) is 114 Å². The molecule has 0 aliphatic carbocycles. The number of anilines is 2. The van der Waals surface area contributed by atoms with Crippen LogP contribution in [0, 0.1) is 0 Å². The summed E-state index contributed by atoms with van der Waals surface area (Å²) in [5, 5.41) is 9.00. The Balaban J connectivity index is 1.45. The average molecular weight is 586 g/mol. The number of thioether (sulfide) groups is 1. The Kier molecular flexibility index (Phi) is 10.6. The molecule has 0 radical (unpaired) electrons. The van der Waals surface area contributed by atoms with Crippen molar-refractivity contribution in [3.63, 3.8) is 0 Å². The maximum atomic E-state index is 13.4. The lowest BCUT2D eigenvalue weighted by atomic mass is 10.1. The molecule has 7 nitrogen and oxygen atoms in total. The predicted octanol–water partition coefficient (Wildman–Crippen LogP) is 6.88. The lowest BCUT2D eigenvalue weighted by Crippen LogP contribution is -2.30. The van der Waals surface area contributed by atoms with E-state index < -0.39 is 11.8 Å². The van der Waals surface area contributed by atoms with Gasteiger partial charge in [0.1, 0.15) is 11.4 Å². The number of nitrogens with one attached hydrogen (secondary N) is 3. The number of hydrogen-bond acceptors (Lipinski definition) is 5. The van der Waals surface area contributed by atoms with Crippen molar-refractivity contribution in [2.75, 3.05) is 23.0 Å². The van der Waals surface area contributed by atoms with Crippen LogP contribution < -0.4 is 20.7 Å². The second-order valence-electron chi connectivity index (χ2n) is 8.71. The van der Waals surface area contributed by atoms with Crippen molar-refractivity contribution in [2.24, 2.45) is 0 Å². The fourth-order valence-electron chi connectivity index (χ4n) is 3.68. The van der Waals surface area contributed by atoms with Gasteiger partial charge in [-0.15, -0.1) is 11.8 Å². The van der Waals surface area contributed by atoms with Crippen LogP contribution in [-0.4, -0.2) is 30.1 Å². The maximum Gasteiger partial charge on any atom is 0.272 e. The largest absolute Gasteiger partial charge is 0.494 e. The standard InChI is InChI=1S/C32H28ClN3O4S/c1-2-40-27-17-11-22(12-18-27)19-29(36-31(38)23-7-4-3-5-8-23)32(39)35-26-9-6-10-28(20-26)41-21-30(37)34-25-15-13-24(33)14-16-25/h3-20H,2,21H2,1H3,(H,34,37)(H,35,39)(H,36,38)/b29-19+. The summed E-state index contributed by atoms with van der Waals surface area (Å²) in [4.78, 5) is 39.4. The van der Waals surface area contributed by atoms with Gasteiger partial charge in [-0.3, -0.25) is 14.4 Å². The Morgan fingerprint density at radius 2 is 1.56 bits per heavy atom. The molecule has 208 valence electrons. The molecule has 0 fully saturated rings. The lowest BCUT2D eigenvalue weighted by Gasteiger charge is -2.12. The summed E-state index contributed by atoms with van der Waals surface area (Å²) >= 11 is 7.22. The lowest BCUT2D eigenvalue weighted by molar-refractivity contribution is -0.114. The van der Waals surface area contributed by atoms with E-state index in [2.05, 4.69) is 16.0 Å². The van der Waals surface area contributed by atoms with Crippen molar-refractivity contribution in [2.45, 2.75) is 11.8 Å². The third kappa shape index (κ3) is 9.27. The fourth-order valence-corrected chi connectivity index (χ4v) is 4.56. The highest BCUT2D eigenvalue weighted by atomic mass is 35.5. The number of rotatable bonds is 11. The van der Waals surface area contributed by atoms with Crippen LogP contribution in [-0.2, 0) is 9.59 Å². The van der Waals surface area contributed by atoms with E-state index in [1.165, 1.54) is 11.8 Å². The van der Waals surface area contributed by atoms with Gasteiger partial charge < -0.3 is 20.7 Å². The highest BCUT2D eigenvalue weighted by Gasteiger charge is 2.15. The van der Waals surface area contributed by atoms with Gasteiger partial charge >= 0.3 is 0 Å². The zero-order valence-electron chi connectivity index (χ0n) is 22.2. The Morgan fingerprint density at radius 3 is 2.27 bits per heavy atom. The maximum absolute atomic E-state index is 13.4. The summed E-state index contributed by atoms with van der Waals surface area (Å²) in [7, 11) is 0. The van der Waals surface area contributed by atoms with Crippen molar-refractivity contribution >= 4 is 58.5 Å². The first-order valence-electron chi connectivity index (χ1n) is 12.8. The van der Waals surface area contributed by atoms with Crippen LogP contribution in [0.25, 0.3) is 6.08 Å². The molecule has 9 heteroatoms. The van der Waals surface area contributed by atoms with Gasteiger partial charge in [-0.2, -0.15) is 0 Å². The molecule has 4 aromatic carbocycles. The van der Waals surface area contributed by atoms with Crippen molar-refractivity contribution in [3.05, 3.63) is 125 Å². The molecule has 3 amide bonds. The number of amides is 3. The minimum absolute atomic E-state index is 0.0726. The molecule has 0 spiro atoms. The molecule has 0 aliphatic rings. The van der Waals surface area contributed by atoms with E-state index >= 15 is 0 Å². The van der Waals surface area contributed by atoms with Crippen molar-refractivity contribution in [3.8, 4) is 5.75 Å². The van der Waals surface area contributed by atoms with Gasteiger partial charge in [0.25, 0.3) is 11.8 Å². The van der Waals surface area contributed by atoms with Crippen LogP contribution in [0.1, 0.15) is 22.8 Å². The molecule has 0 saturated carbocycles. The number of hydrogen-bond donors (Lipinski definition) is 3. The van der Waals surface area contributed by atoms with Gasteiger partial charge in [-0.1, -0.05) is 48.0 Å². The van der Waals surface area contributed by atoms with Gasteiger partial charge in [0, 0.05) is 26.9 Å². The average Bonchev–Trinajstić information content (AvgIpc) is 2.98. The van der Waals surface area contributed by atoms with Gasteiger partial charge in [0.15, 0.2) is 0 Å². The van der Waals surface area contributed by atoms with Crippen LogP contribution in [0.3, 0.4) is 0 Å². The molecule has 0 bridgehead atoms. The SMILES string of the molecule is CCOc1ccc(/C=C(/NC(=O)c2ccccc2)C(=O)Nc2cccc(SCC(=O)Nc3ccc(Cl)cc3)c2)cc1. The summed E-state index contributed by atoms with van der Waals surface area (Å²) < 4.78 is 5.49. The van der Waals surface area contributed by atoms with Crippen LogP contribution in [0.2, 0.25) is 5.02 Å². The first-order valence-corrected chi connectivity index (χ1v) is 14.2. The van der Waals surface area contributed by atoms with Gasteiger partial charge in [0.2, 0.25) is 5.91 Å². The van der Waals surface area contributed by atoms with E-state index in [9.17, 15) is 14.4 Å². The van der Waals surface area contributed by atoms with Crippen LogP contribution in [0.5, 0.6) is 5.75 Å². The summed E-state index contributed by atoms with van der Waals surface area (Å²) in [6, 6.07) is 29.9. The smallest absolute Gasteiger partial charge is 0.272 e. The Morgan fingerprint density at radius 1 is 0.829 bits per heavy atom. The van der Waals surface area contributed by atoms with Gasteiger partial charge in [-0.05, 0) is 85.3 Å². The molecule has 41 heavy (non-hydrogen) atoms. The Labute approximate surface area is 248 Å². The molecule has 0 saturated heterocycles. The first kappa shape index (κ1) is 29.5. The number of carbonyl (C=O) groups excluding carboxylic acids is 3. The number of benzene rings is 4. The molecular formula is C32H28ClN3O4S. The zero-order valence-corrected chi connectivity index (χ0v) is 23.8. The third-order valence-electron chi connectivity index (χ3n) is 5.62. The first-order chi connectivity index (χ1) is 19.9. The third-order valence-corrected chi connectivity index (χ3v) is 6.87. The second-order valence-corrected chi connectivity index (χ2v) is 10.2. The van der Waals surface area contributed by atoms with E-state index in [0.717, 1.165) is 4.90 Å². The van der Waals surface area contributed by atoms with E-state index in [1.54, 1.807) is 97.1 Å². The topological polar surface area (TPSA) is 96.5 Å². The quantitative estimate of drug-likeness (QED) is 0.132. The minimum atomic E-state index is -0.495. The molecular weight excluding hydrogens is 558 g/mol. The number of carbonyl (C=O) groups is 3. The molecule has 3 N–H and O–H groups in total. The molecule has 4 aromatic rings. The van der Waals surface area contributed by atoms with Crippen molar-refractivity contribution < 1.29 is 19.1 Å². The summed E-state index contributed by atoms with van der Waals surface area (Å²) in [5.41, 5.74) is 2.38. The molecule has 0 heterocycles. The van der Waals surface area contributed by atoms with Gasteiger partial charge in [-0.25, -0.2) is 0 Å².